The van der Waals surface area contributed by atoms with Gasteiger partial charge in [-0.2, -0.15) is 4.98 Å². The van der Waals surface area contributed by atoms with Gasteiger partial charge in [0.2, 0.25) is 5.95 Å². The predicted molar refractivity (Wildman–Crippen MR) is 111 cm³/mol. The van der Waals surface area contributed by atoms with Crippen LogP contribution in [0.3, 0.4) is 0 Å². The molecule has 7 heteroatoms. The minimum Gasteiger partial charge on any atom is -0.485 e. The average molecular weight is 403 g/mol. The Labute approximate surface area is 170 Å². The number of nitrogens with zero attached hydrogens (tertiary/aromatic N) is 2. The van der Waals surface area contributed by atoms with E-state index >= 15 is 0 Å². The van der Waals surface area contributed by atoms with Crippen molar-refractivity contribution in [1.82, 2.24) is 9.97 Å². The van der Waals surface area contributed by atoms with Crippen molar-refractivity contribution in [2.24, 2.45) is 17.8 Å². The van der Waals surface area contributed by atoms with Gasteiger partial charge in [0.15, 0.2) is 0 Å². The van der Waals surface area contributed by atoms with Crippen molar-refractivity contribution in [3.63, 3.8) is 0 Å². The van der Waals surface area contributed by atoms with Crippen molar-refractivity contribution in [3.8, 4) is 5.75 Å². The number of aromatic nitrogens is 2. The Bertz CT molecular complexity index is 891. The van der Waals surface area contributed by atoms with Crippen molar-refractivity contribution >= 4 is 23.4 Å². The van der Waals surface area contributed by atoms with Crippen molar-refractivity contribution in [3.05, 3.63) is 40.0 Å². The van der Waals surface area contributed by atoms with E-state index in [9.17, 15) is 5.11 Å². The average Bonchev–Trinajstić information content (AvgIpc) is 3.16. The zero-order chi connectivity index (χ0) is 20.0. The maximum Gasteiger partial charge on any atom is 0.223 e. The molecule has 4 N–H and O–H groups in total. The molecule has 1 aromatic heterocycles. The zero-order valence-electron chi connectivity index (χ0n) is 16.4. The Morgan fingerprint density at radius 2 is 2.07 bits per heavy atom. The molecule has 4 rings (SSSR count). The van der Waals surface area contributed by atoms with Gasteiger partial charge in [-0.3, -0.25) is 0 Å². The summed E-state index contributed by atoms with van der Waals surface area (Å²) < 4.78 is 6.18. The van der Waals surface area contributed by atoms with Gasteiger partial charge in [-0.1, -0.05) is 43.1 Å². The highest BCUT2D eigenvalue weighted by molar-refractivity contribution is 6.30. The molecule has 0 spiro atoms. The molecule has 1 fully saturated rings. The highest BCUT2D eigenvalue weighted by atomic mass is 35.5. The summed E-state index contributed by atoms with van der Waals surface area (Å²) >= 11 is 6.50. The largest absolute Gasteiger partial charge is 0.485 e. The fourth-order valence-corrected chi connectivity index (χ4v) is 4.85. The Balaban J connectivity index is 1.64. The second kappa shape index (κ2) is 7.41. The number of halogens is 1. The number of nitrogen functional groups attached to an aromatic ring is 1. The fraction of sp³-hybridized carbons (Fsp3) is 0.524. The molecule has 28 heavy (non-hydrogen) atoms. The number of ether oxygens (including phenoxy) is 1. The number of aryl methyl sites for hydroxylation is 1. The number of benzene rings is 1. The van der Waals surface area contributed by atoms with Crippen molar-refractivity contribution < 1.29 is 9.84 Å². The maximum atomic E-state index is 9.66. The van der Waals surface area contributed by atoms with Crippen LogP contribution in [0.2, 0.25) is 5.15 Å². The number of hydrogen-bond acceptors (Lipinski definition) is 6. The summed E-state index contributed by atoms with van der Waals surface area (Å²) in [7, 11) is 0. The summed E-state index contributed by atoms with van der Waals surface area (Å²) in [6.07, 6.45) is 1.34. The van der Waals surface area contributed by atoms with E-state index in [0.29, 0.717) is 29.2 Å². The van der Waals surface area contributed by atoms with E-state index in [0.717, 1.165) is 23.3 Å². The normalized spacial score (nSPS) is 28.8. The third kappa shape index (κ3) is 3.40. The maximum absolute atomic E-state index is 9.66. The molecule has 2 aliphatic rings. The second-order valence-electron chi connectivity index (χ2n) is 8.20. The van der Waals surface area contributed by atoms with Crippen LogP contribution in [0.4, 0.5) is 11.8 Å². The molecule has 0 bridgehead atoms. The number of nitrogens with two attached hydrogens (primary N) is 1. The van der Waals surface area contributed by atoms with E-state index in [1.165, 1.54) is 5.56 Å². The van der Waals surface area contributed by atoms with Crippen LogP contribution >= 0.6 is 11.6 Å². The number of rotatable bonds is 4. The van der Waals surface area contributed by atoms with E-state index in [-0.39, 0.29) is 30.6 Å². The molecule has 0 radical (unpaired) electrons. The van der Waals surface area contributed by atoms with Crippen LogP contribution in [0.15, 0.2) is 18.2 Å². The molecule has 0 amide bonds. The van der Waals surface area contributed by atoms with Gasteiger partial charge < -0.3 is 20.9 Å². The molecule has 150 valence electrons. The highest BCUT2D eigenvalue weighted by Crippen LogP contribution is 2.43. The number of nitrogens with one attached hydrogen (secondary N) is 1. The SMILES string of the molecule is Cc1ccc2c(c1)CC(c1c(Cl)nc(N)nc1NC1CC(CO)C(C)C1C)O2. The molecule has 2 heterocycles. The van der Waals surface area contributed by atoms with Crippen molar-refractivity contribution in [2.45, 2.75) is 45.8 Å². The van der Waals surface area contributed by atoms with Gasteiger partial charge >= 0.3 is 0 Å². The number of hydrogen-bond donors (Lipinski definition) is 3. The minimum atomic E-state index is -0.254. The van der Waals surface area contributed by atoms with Gasteiger partial charge in [0.25, 0.3) is 0 Å². The summed E-state index contributed by atoms with van der Waals surface area (Å²) in [6.45, 7) is 6.66. The van der Waals surface area contributed by atoms with Crippen LogP contribution in [0.5, 0.6) is 5.75 Å². The van der Waals surface area contributed by atoms with Crippen LogP contribution in [0.25, 0.3) is 0 Å². The van der Waals surface area contributed by atoms with Gasteiger partial charge in [0.05, 0.1) is 5.56 Å². The zero-order valence-corrected chi connectivity index (χ0v) is 17.2. The van der Waals surface area contributed by atoms with Crippen LogP contribution < -0.4 is 15.8 Å². The Morgan fingerprint density at radius 1 is 1.29 bits per heavy atom. The molecular weight excluding hydrogens is 376 g/mol. The first-order chi connectivity index (χ1) is 13.4. The molecule has 5 atom stereocenters. The van der Waals surface area contributed by atoms with E-state index in [4.69, 9.17) is 22.1 Å². The molecule has 1 aliphatic heterocycles. The van der Waals surface area contributed by atoms with Crippen LogP contribution in [-0.2, 0) is 6.42 Å². The van der Waals surface area contributed by atoms with E-state index < -0.39 is 0 Å². The lowest BCUT2D eigenvalue weighted by molar-refractivity contribution is 0.191. The number of fused-ring (bicyclic) bond motifs is 1. The lowest BCUT2D eigenvalue weighted by Crippen LogP contribution is -2.26. The van der Waals surface area contributed by atoms with Gasteiger partial charge in [-0.05, 0) is 42.7 Å². The monoisotopic (exact) mass is 402 g/mol. The minimum absolute atomic E-state index is 0.139. The smallest absolute Gasteiger partial charge is 0.223 e. The van der Waals surface area contributed by atoms with Crippen molar-refractivity contribution in [2.75, 3.05) is 17.7 Å². The molecule has 1 aliphatic carbocycles. The van der Waals surface area contributed by atoms with Gasteiger partial charge in [-0.15, -0.1) is 0 Å². The first-order valence-corrected chi connectivity index (χ1v) is 10.2. The third-order valence-electron chi connectivity index (χ3n) is 6.45. The summed E-state index contributed by atoms with van der Waals surface area (Å²) in [5.41, 5.74) is 9.00. The molecule has 1 saturated carbocycles. The quantitative estimate of drug-likeness (QED) is 0.674. The van der Waals surface area contributed by atoms with Gasteiger partial charge in [-0.25, -0.2) is 4.98 Å². The summed E-state index contributed by atoms with van der Waals surface area (Å²) in [5, 5.41) is 13.5. The van der Waals surface area contributed by atoms with Crippen LogP contribution in [-0.4, -0.2) is 27.7 Å². The third-order valence-corrected chi connectivity index (χ3v) is 6.74. The predicted octanol–water partition coefficient (Wildman–Crippen LogP) is 3.76. The molecule has 5 unspecified atom stereocenters. The lowest BCUT2D eigenvalue weighted by atomic mass is 9.92. The first-order valence-electron chi connectivity index (χ1n) is 9.83. The van der Waals surface area contributed by atoms with Crippen LogP contribution in [0, 0.1) is 24.7 Å². The molecule has 1 aromatic carbocycles. The van der Waals surface area contributed by atoms with Gasteiger partial charge in [0.1, 0.15) is 22.8 Å². The van der Waals surface area contributed by atoms with E-state index in [1.54, 1.807) is 0 Å². The first kappa shape index (κ1) is 19.3. The molecular formula is C21H27ClN4O2. The summed E-state index contributed by atoms with van der Waals surface area (Å²) in [5.74, 6) is 2.74. The summed E-state index contributed by atoms with van der Waals surface area (Å²) in [4.78, 5) is 8.63. The second-order valence-corrected chi connectivity index (χ2v) is 8.56. The summed E-state index contributed by atoms with van der Waals surface area (Å²) in [6, 6.07) is 6.36. The Kier molecular flexibility index (Phi) is 5.10. The fourth-order valence-electron chi connectivity index (χ4n) is 4.55. The lowest BCUT2D eigenvalue weighted by Gasteiger charge is -2.24. The number of anilines is 2. The topological polar surface area (TPSA) is 93.3 Å². The highest BCUT2D eigenvalue weighted by Gasteiger charge is 2.39. The Hall–Kier alpha value is -2.05. The molecule has 2 aromatic rings. The Morgan fingerprint density at radius 3 is 2.79 bits per heavy atom. The molecule has 6 nitrogen and oxygen atoms in total. The number of aliphatic hydroxyl groups is 1. The number of aliphatic hydroxyl groups excluding tert-OH is 1. The van der Waals surface area contributed by atoms with E-state index in [2.05, 4.69) is 42.1 Å². The van der Waals surface area contributed by atoms with Crippen LogP contribution in [0.1, 0.15) is 43.1 Å². The van der Waals surface area contributed by atoms with E-state index in [1.807, 2.05) is 12.1 Å². The van der Waals surface area contributed by atoms with Crippen molar-refractivity contribution in [1.29, 1.82) is 0 Å². The standard InChI is InChI=1S/C21H27ClN4O2/c1-10-4-5-16-13(6-10)8-17(28-16)18-19(22)25-21(23)26-20(18)24-15-7-14(9-27)11(2)12(15)3/h4-6,11-12,14-15,17,27H,7-9H2,1-3H3,(H3,23,24,25,26). The molecule has 0 saturated heterocycles. The van der Waals surface area contributed by atoms with Gasteiger partial charge in [0, 0.05) is 19.1 Å².